The largest absolute Gasteiger partial charge is 0.418 e. The summed E-state index contributed by atoms with van der Waals surface area (Å²) >= 11 is 1.04. The number of nitro groups is 1. The van der Waals surface area contributed by atoms with Crippen LogP contribution in [0.25, 0.3) is 0 Å². The first-order valence-corrected chi connectivity index (χ1v) is 9.51. The van der Waals surface area contributed by atoms with Gasteiger partial charge < -0.3 is 9.88 Å². The molecule has 0 spiro atoms. The molecule has 8 nitrogen and oxygen atoms in total. The highest BCUT2D eigenvalue weighted by Crippen LogP contribution is 2.40. The van der Waals surface area contributed by atoms with E-state index in [1.807, 2.05) is 4.57 Å². The van der Waals surface area contributed by atoms with Crippen molar-refractivity contribution >= 4 is 29.0 Å². The van der Waals surface area contributed by atoms with Crippen LogP contribution >= 0.6 is 11.8 Å². The Hall–Kier alpha value is -2.89. The number of alkyl halides is 3. The second-order valence-corrected chi connectivity index (χ2v) is 7.28. The summed E-state index contributed by atoms with van der Waals surface area (Å²) in [6.07, 6.45) is -1.15. The first kappa shape index (κ1) is 20.8. The van der Waals surface area contributed by atoms with E-state index in [2.05, 4.69) is 22.1 Å². The fourth-order valence-corrected chi connectivity index (χ4v) is 3.41. The van der Waals surface area contributed by atoms with Crippen molar-refractivity contribution in [1.29, 1.82) is 0 Å². The number of non-ortho nitro benzene ring substituents is 1. The second kappa shape index (κ2) is 8.23. The SMILES string of the molecule is C=CCn1c(SCC(=O)Nc2ccc([N+](=O)[O-])cc2C(F)(F)F)nnc1C1CC1. The van der Waals surface area contributed by atoms with Gasteiger partial charge in [0.2, 0.25) is 5.91 Å². The molecule has 1 saturated carbocycles. The Labute approximate surface area is 167 Å². The van der Waals surface area contributed by atoms with Crippen LogP contribution < -0.4 is 5.32 Å². The van der Waals surface area contributed by atoms with E-state index in [0.29, 0.717) is 23.7 Å². The first-order chi connectivity index (χ1) is 13.7. The Kier molecular flexibility index (Phi) is 5.91. The summed E-state index contributed by atoms with van der Waals surface area (Å²) in [5.41, 5.74) is -2.54. The van der Waals surface area contributed by atoms with E-state index in [-0.39, 0.29) is 5.75 Å². The number of rotatable bonds is 8. The molecule has 0 aliphatic heterocycles. The van der Waals surface area contributed by atoms with Gasteiger partial charge in [-0.3, -0.25) is 14.9 Å². The lowest BCUT2D eigenvalue weighted by atomic mass is 10.1. The molecule has 0 saturated heterocycles. The number of allylic oxidation sites excluding steroid dienone is 1. The standard InChI is InChI=1S/C17H16F3N5O3S/c1-2-7-24-15(10-3-4-10)22-23-16(24)29-9-14(26)21-13-6-5-11(25(27)28)8-12(13)17(18,19)20/h2,5-6,8,10H,1,3-4,7,9H2,(H,21,26). The number of nitrogens with zero attached hydrogens (tertiary/aromatic N) is 4. The predicted octanol–water partition coefficient (Wildman–Crippen LogP) is 4.00. The number of thioether (sulfide) groups is 1. The Morgan fingerprint density at radius 2 is 2.14 bits per heavy atom. The summed E-state index contributed by atoms with van der Waals surface area (Å²) < 4.78 is 41.4. The van der Waals surface area contributed by atoms with Crippen LogP contribution in [0.1, 0.15) is 30.1 Å². The molecule has 1 fully saturated rings. The van der Waals surface area contributed by atoms with Crippen LogP contribution in [-0.4, -0.2) is 31.3 Å². The zero-order valence-corrected chi connectivity index (χ0v) is 15.8. The molecule has 3 rings (SSSR count). The third-order valence-electron chi connectivity index (χ3n) is 4.13. The number of hydrogen-bond acceptors (Lipinski definition) is 6. The summed E-state index contributed by atoms with van der Waals surface area (Å²) in [6, 6.07) is 2.17. The molecule has 2 aromatic rings. The first-order valence-electron chi connectivity index (χ1n) is 8.53. The number of nitrogens with one attached hydrogen (secondary N) is 1. The fourth-order valence-electron chi connectivity index (χ4n) is 2.66. The molecule has 1 aliphatic carbocycles. The number of carbonyl (C=O) groups excluding carboxylic acids is 1. The summed E-state index contributed by atoms with van der Waals surface area (Å²) in [6.45, 7) is 4.14. The third kappa shape index (κ3) is 4.94. The van der Waals surface area contributed by atoms with Gasteiger partial charge >= 0.3 is 6.18 Å². The lowest BCUT2D eigenvalue weighted by Crippen LogP contribution is -2.18. The molecule has 0 bridgehead atoms. The maximum Gasteiger partial charge on any atom is 0.418 e. The van der Waals surface area contributed by atoms with E-state index < -0.39 is 33.9 Å². The molecule has 1 aliphatic rings. The van der Waals surface area contributed by atoms with Gasteiger partial charge in [-0.2, -0.15) is 13.2 Å². The number of carbonyl (C=O) groups is 1. The number of nitro benzene ring substituents is 1. The quantitative estimate of drug-likeness (QED) is 0.296. The van der Waals surface area contributed by atoms with Crippen LogP contribution in [0.2, 0.25) is 0 Å². The summed E-state index contributed by atoms with van der Waals surface area (Å²) in [4.78, 5) is 22.0. The molecule has 1 aromatic heterocycles. The Balaban J connectivity index is 1.72. The maximum absolute atomic E-state index is 13.2. The number of benzene rings is 1. The van der Waals surface area contributed by atoms with E-state index in [1.54, 1.807) is 6.08 Å². The van der Waals surface area contributed by atoms with E-state index in [4.69, 9.17) is 0 Å². The number of anilines is 1. The van der Waals surface area contributed by atoms with Crippen LogP contribution in [-0.2, 0) is 17.5 Å². The highest BCUT2D eigenvalue weighted by atomic mass is 32.2. The van der Waals surface area contributed by atoms with Gasteiger partial charge in [0.15, 0.2) is 5.16 Å². The van der Waals surface area contributed by atoms with Gasteiger partial charge in [0.1, 0.15) is 5.82 Å². The molecule has 1 amide bonds. The average molecular weight is 427 g/mol. The maximum atomic E-state index is 13.2. The van der Waals surface area contributed by atoms with Crippen LogP contribution in [0.15, 0.2) is 36.0 Å². The van der Waals surface area contributed by atoms with Crippen LogP contribution in [0.4, 0.5) is 24.5 Å². The molecule has 1 N–H and O–H groups in total. The molecule has 154 valence electrons. The summed E-state index contributed by atoms with van der Waals surface area (Å²) in [7, 11) is 0. The second-order valence-electron chi connectivity index (χ2n) is 6.34. The molecule has 0 atom stereocenters. The number of hydrogen-bond donors (Lipinski definition) is 1. The number of halogens is 3. The van der Waals surface area contributed by atoms with Crippen molar-refractivity contribution in [1.82, 2.24) is 14.8 Å². The van der Waals surface area contributed by atoms with Gasteiger partial charge in [0.25, 0.3) is 5.69 Å². The van der Waals surface area contributed by atoms with Crippen molar-refractivity contribution in [3.8, 4) is 0 Å². The van der Waals surface area contributed by atoms with Gasteiger partial charge in [-0.1, -0.05) is 17.8 Å². The molecule has 1 heterocycles. The molecule has 12 heteroatoms. The van der Waals surface area contributed by atoms with E-state index in [0.717, 1.165) is 42.6 Å². The smallest absolute Gasteiger partial charge is 0.325 e. The zero-order valence-electron chi connectivity index (χ0n) is 15.0. The minimum atomic E-state index is -4.86. The van der Waals surface area contributed by atoms with Gasteiger partial charge in [-0.05, 0) is 18.9 Å². The number of aromatic nitrogens is 3. The normalized spacial score (nSPS) is 13.9. The molecule has 0 unspecified atom stereocenters. The molecule has 29 heavy (non-hydrogen) atoms. The zero-order chi connectivity index (χ0) is 21.2. The summed E-state index contributed by atoms with van der Waals surface area (Å²) in [5.74, 6) is 0.243. The lowest BCUT2D eigenvalue weighted by molar-refractivity contribution is -0.385. The van der Waals surface area contributed by atoms with Crippen LogP contribution in [0.5, 0.6) is 0 Å². The fraction of sp³-hybridized carbons (Fsp3) is 0.353. The minimum absolute atomic E-state index is 0.200. The molecular formula is C17H16F3N5O3S. The van der Waals surface area contributed by atoms with Crippen molar-refractivity contribution in [2.45, 2.75) is 36.6 Å². The van der Waals surface area contributed by atoms with Crippen LogP contribution in [0, 0.1) is 10.1 Å². The molecular weight excluding hydrogens is 411 g/mol. The van der Waals surface area contributed by atoms with Gasteiger partial charge in [0.05, 0.1) is 21.9 Å². The average Bonchev–Trinajstić information content (AvgIpc) is 3.41. The highest BCUT2D eigenvalue weighted by molar-refractivity contribution is 7.99. The van der Waals surface area contributed by atoms with E-state index in [1.165, 1.54) is 0 Å². The highest BCUT2D eigenvalue weighted by Gasteiger charge is 2.36. The van der Waals surface area contributed by atoms with Crippen molar-refractivity contribution in [3.05, 3.63) is 52.4 Å². The third-order valence-corrected chi connectivity index (χ3v) is 5.09. The van der Waals surface area contributed by atoms with Gasteiger partial charge in [-0.15, -0.1) is 16.8 Å². The van der Waals surface area contributed by atoms with Gasteiger partial charge in [-0.25, -0.2) is 0 Å². The Bertz CT molecular complexity index is 956. The van der Waals surface area contributed by atoms with Crippen molar-refractivity contribution in [2.75, 3.05) is 11.1 Å². The van der Waals surface area contributed by atoms with Crippen molar-refractivity contribution in [3.63, 3.8) is 0 Å². The van der Waals surface area contributed by atoms with E-state index in [9.17, 15) is 28.1 Å². The number of amides is 1. The molecule has 1 aromatic carbocycles. The monoisotopic (exact) mass is 427 g/mol. The van der Waals surface area contributed by atoms with E-state index >= 15 is 0 Å². The van der Waals surface area contributed by atoms with Crippen molar-refractivity contribution < 1.29 is 22.9 Å². The van der Waals surface area contributed by atoms with Crippen molar-refractivity contribution in [2.24, 2.45) is 0 Å². The lowest BCUT2D eigenvalue weighted by Gasteiger charge is -2.13. The minimum Gasteiger partial charge on any atom is -0.325 e. The molecule has 0 radical (unpaired) electrons. The topological polar surface area (TPSA) is 103 Å². The predicted molar refractivity (Wildman–Crippen MR) is 99.6 cm³/mol. The van der Waals surface area contributed by atoms with Gasteiger partial charge in [0, 0.05) is 24.6 Å². The Morgan fingerprint density at radius 1 is 1.41 bits per heavy atom. The van der Waals surface area contributed by atoms with Crippen LogP contribution in [0.3, 0.4) is 0 Å². The Morgan fingerprint density at radius 3 is 2.72 bits per heavy atom. The summed E-state index contributed by atoms with van der Waals surface area (Å²) in [5, 5.41) is 21.6.